The van der Waals surface area contributed by atoms with Gasteiger partial charge in [0.05, 0.1) is 30.5 Å². The largest absolute Gasteiger partial charge is 0.464 e. The molecule has 0 aromatic carbocycles. The van der Waals surface area contributed by atoms with Crippen LogP contribution in [-0.2, 0) is 4.74 Å². The number of alkyl halides is 1. The minimum Gasteiger partial charge on any atom is -0.464 e. The van der Waals surface area contributed by atoms with Crippen molar-refractivity contribution < 1.29 is 23.8 Å². The van der Waals surface area contributed by atoms with E-state index >= 15 is 0 Å². The summed E-state index contributed by atoms with van der Waals surface area (Å²) in [6.07, 6.45) is -0.425. The predicted molar refractivity (Wildman–Crippen MR) is 99.5 cm³/mol. The third-order valence-electron chi connectivity index (χ3n) is 3.46. The van der Waals surface area contributed by atoms with Crippen LogP contribution >= 0.6 is 22.9 Å². The Morgan fingerprint density at radius 2 is 2.19 bits per heavy atom. The van der Waals surface area contributed by atoms with Crippen LogP contribution in [0.25, 0.3) is 0 Å². The number of thiazole rings is 1. The van der Waals surface area contributed by atoms with E-state index in [4.69, 9.17) is 11.6 Å². The number of aromatic nitrogens is 2. The number of pyridine rings is 1. The van der Waals surface area contributed by atoms with Crippen molar-refractivity contribution in [2.24, 2.45) is 0 Å². The fourth-order valence-electron chi connectivity index (χ4n) is 1.89. The number of amides is 1. The molecule has 27 heavy (non-hydrogen) atoms. The van der Waals surface area contributed by atoms with Gasteiger partial charge in [0.15, 0.2) is 10.8 Å². The first-order valence-electron chi connectivity index (χ1n) is 7.73. The third kappa shape index (κ3) is 5.59. The maximum Gasteiger partial charge on any atom is 0.357 e. The Morgan fingerprint density at radius 1 is 1.48 bits per heavy atom. The number of carbonyl (C=O) groups excluding carboxylic acids is 2. The molecule has 3 N–H and O–H groups in total. The van der Waals surface area contributed by atoms with E-state index < -0.39 is 23.6 Å². The van der Waals surface area contributed by atoms with Crippen LogP contribution in [0.4, 0.5) is 15.2 Å². The van der Waals surface area contributed by atoms with Crippen LogP contribution in [0.1, 0.15) is 34.7 Å². The number of carbonyl (C=O) groups is 2. The smallest absolute Gasteiger partial charge is 0.357 e. The summed E-state index contributed by atoms with van der Waals surface area (Å²) in [5.74, 6) is -1.20. The molecule has 8 nitrogen and oxygen atoms in total. The number of methoxy groups -OCH3 is 1. The molecular weight excluding hydrogens is 399 g/mol. The van der Waals surface area contributed by atoms with Crippen molar-refractivity contribution in [3.05, 3.63) is 34.1 Å². The average molecular weight is 417 g/mol. The Morgan fingerprint density at radius 3 is 2.81 bits per heavy atom. The van der Waals surface area contributed by atoms with E-state index in [0.29, 0.717) is 5.13 Å². The van der Waals surface area contributed by atoms with Crippen molar-refractivity contribution in [1.29, 1.82) is 0 Å². The molecule has 146 valence electrons. The molecule has 1 atom stereocenters. The van der Waals surface area contributed by atoms with Crippen molar-refractivity contribution in [2.75, 3.05) is 19.0 Å². The van der Waals surface area contributed by atoms with E-state index in [1.165, 1.54) is 38.6 Å². The highest BCUT2D eigenvalue weighted by molar-refractivity contribution is 7.14. The first-order valence-corrected chi connectivity index (χ1v) is 8.98. The van der Waals surface area contributed by atoms with Gasteiger partial charge in [-0.2, -0.15) is 0 Å². The molecular formula is C16H18ClFN4O4S. The summed E-state index contributed by atoms with van der Waals surface area (Å²) >= 11 is 7.01. The van der Waals surface area contributed by atoms with Gasteiger partial charge in [0, 0.05) is 11.6 Å². The molecule has 0 aliphatic heterocycles. The van der Waals surface area contributed by atoms with Crippen LogP contribution in [0.5, 0.6) is 0 Å². The van der Waals surface area contributed by atoms with Gasteiger partial charge >= 0.3 is 5.97 Å². The summed E-state index contributed by atoms with van der Waals surface area (Å²) in [5.41, 5.74) is -1.10. The lowest BCUT2D eigenvalue weighted by atomic mass is 10.0. The van der Waals surface area contributed by atoms with Crippen LogP contribution in [0.15, 0.2) is 17.6 Å². The van der Waals surface area contributed by atoms with Crippen LogP contribution in [0.3, 0.4) is 0 Å². The number of halogens is 2. The van der Waals surface area contributed by atoms with E-state index in [2.05, 4.69) is 25.3 Å². The summed E-state index contributed by atoms with van der Waals surface area (Å²) in [7, 11) is 1.24. The minimum absolute atomic E-state index is 0.0946. The van der Waals surface area contributed by atoms with Gasteiger partial charge in [-0.05, 0) is 19.9 Å². The number of nitrogens with zero attached hydrogens (tertiary/aromatic N) is 2. The standard InChI is InChI=1S/C16H18ClFN4O4S/c1-16(2,25)11(18)6-20-13(23)8-5-19-12(17)4-9(8)21-15-22-10(7-27-15)14(24)26-3/h4-5,7,11,25H,6H2,1-3H3,(H,20,23)(H,19,21,22)/t11-/m1/s1. The molecule has 0 fully saturated rings. The zero-order valence-corrected chi connectivity index (χ0v) is 16.3. The fourth-order valence-corrected chi connectivity index (χ4v) is 2.74. The minimum atomic E-state index is -1.65. The number of hydrogen-bond donors (Lipinski definition) is 3. The zero-order valence-electron chi connectivity index (χ0n) is 14.7. The molecule has 0 aliphatic carbocycles. The van der Waals surface area contributed by atoms with Crippen molar-refractivity contribution >= 4 is 45.6 Å². The number of anilines is 2. The first kappa shape index (κ1) is 21.0. The Balaban J connectivity index is 2.18. The highest BCUT2D eigenvalue weighted by atomic mass is 35.5. The van der Waals surface area contributed by atoms with Gasteiger partial charge in [0.2, 0.25) is 0 Å². The molecule has 2 heterocycles. The molecule has 0 radical (unpaired) electrons. The molecule has 2 rings (SSSR count). The van der Waals surface area contributed by atoms with Gasteiger partial charge in [-0.1, -0.05) is 11.6 Å². The lowest BCUT2D eigenvalue weighted by molar-refractivity contribution is -0.00178. The van der Waals surface area contributed by atoms with Gasteiger partial charge in [0.1, 0.15) is 11.3 Å². The van der Waals surface area contributed by atoms with E-state index in [0.717, 1.165) is 11.3 Å². The molecule has 2 aromatic rings. The average Bonchev–Trinajstić information content (AvgIpc) is 3.06. The summed E-state index contributed by atoms with van der Waals surface area (Å²) in [4.78, 5) is 31.8. The Bertz CT molecular complexity index is 840. The topological polar surface area (TPSA) is 113 Å². The first-order chi connectivity index (χ1) is 12.6. The van der Waals surface area contributed by atoms with Crippen LogP contribution in [0.2, 0.25) is 5.15 Å². The molecule has 0 saturated heterocycles. The number of hydrogen-bond acceptors (Lipinski definition) is 8. The molecule has 11 heteroatoms. The summed E-state index contributed by atoms with van der Waals surface area (Å²) in [5, 5.41) is 16.8. The second-order valence-corrected chi connectivity index (χ2v) is 7.28. The molecule has 0 aliphatic rings. The monoisotopic (exact) mass is 416 g/mol. The van der Waals surface area contributed by atoms with E-state index in [-0.39, 0.29) is 28.6 Å². The molecule has 2 aromatic heterocycles. The highest BCUT2D eigenvalue weighted by Gasteiger charge is 2.27. The number of rotatable bonds is 7. The summed E-state index contributed by atoms with van der Waals surface area (Å²) in [6, 6.07) is 1.40. The van der Waals surface area contributed by atoms with Gasteiger partial charge in [-0.3, -0.25) is 4.79 Å². The van der Waals surface area contributed by atoms with Crippen molar-refractivity contribution in [2.45, 2.75) is 25.6 Å². The SMILES string of the molecule is COC(=O)c1csc(Nc2cc(Cl)ncc2C(=O)NC[C@@H](F)C(C)(C)O)n1. The lowest BCUT2D eigenvalue weighted by Gasteiger charge is -2.22. The number of esters is 1. The molecule has 0 unspecified atom stereocenters. The summed E-state index contributed by atoms with van der Waals surface area (Å²) in [6.45, 7) is 2.23. The van der Waals surface area contributed by atoms with Gasteiger partial charge in [-0.25, -0.2) is 19.2 Å². The number of nitrogens with one attached hydrogen (secondary N) is 2. The Hall–Kier alpha value is -2.30. The quantitative estimate of drug-likeness (QED) is 0.469. The maximum atomic E-state index is 13.8. The van der Waals surface area contributed by atoms with Crippen molar-refractivity contribution in [1.82, 2.24) is 15.3 Å². The second-order valence-electron chi connectivity index (χ2n) is 6.04. The van der Waals surface area contributed by atoms with Crippen molar-refractivity contribution in [3.8, 4) is 0 Å². The third-order valence-corrected chi connectivity index (χ3v) is 4.43. The van der Waals surface area contributed by atoms with E-state index in [1.807, 2.05) is 0 Å². The highest BCUT2D eigenvalue weighted by Crippen LogP contribution is 2.26. The van der Waals surface area contributed by atoms with Crippen LogP contribution < -0.4 is 10.6 Å². The zero-order chi connectivity index (χ0) is 20.2. The van der Waals surface area contributed by atoms with Gasteiger partial charge < -0.3 is 20.5 Å². The van der Waals surface area contributed by atoms with E-state index in [1.54, 1.807) is 0 Å². The van der Waals surface area contributed by atoms with Gasteiger partial charge in [-0.15, -0.1) is 11.3 Å². The molecule has 0 saturated carbocycles. The molecule has 1 amide bonds. The van der Waals surface area contributed by atoms with Crippen molar-refractivity contribution in [3.63, 3.8) is 0 Å². The normalized spacial score (nSPS) is 12.4. The van der Waals surface area contributed by atoms with Crippen LogP contribution in [0, 0.1) is 0 Å². The van der Waals surface area contributed by atoms with Gasteiger partial charge in [0.25, 0.3) is 5.91 Å². The summed E-state index contributed by atoms with van der Waals surface area (Å²) < 4.78 is 18.4. The maximum absolute atomic E-state index is 13.8. The Labute approximate surface area is 163 Å². The number of aliphatic hydroxyl groups is 1. The second kappa shape index (κ2) is 8.59. The van der Waals surface area contributed by atoms with E-state index in [9.17, 15) is 19.1 Å². The number of ether oxygens (including phenoxy) is 1. The lowest BCUT2D eigenvalue weighted by Crippen LogP contribution is -2.42. The molecule has 0 bridgehead atoms. The predicted octanol–water partition coefficient (Wildman–Crippen LogP) is 2.56. The molecule has 0 spiro atoms. The fraction of sp³-hybridized carbons (Fsp3) is 0.375. The van der Waals surface area contributed by atoms with Crippen LogP contribution in [-0.4, -0.2) is 52.4 Å². The Kier molecular flexibility index (Phi) is 6.68.